The Kier molecular flexibility index (Phi) is 6.70. The van der Waals surface area contributed by atoms with Gasteiger partial charge < -0.3 is 9.30 Å². The van der Waals surface area contributed by atoms with Crippen LogP contribution < -0.4 is 15.0 Å². The van der Waals surface area contributed by atoms with Gasteiger partial charge in [0.05, 0.1) is 10.6 Å². The zero-order chi connectivity index (χ0) is 28.6. The van der Waals surface area contributed by atoms with Crippen LogP contribution in [0.3, 0.4) is 0 Å². The average Bonchev–Trinajstić information content (AvgIpc) is 3.20. The van der Waals surface area contributed by atoms with Crippen LogP contribution in [0.5, 0.6) is 11.6 Å². The van der Waals surface area contributed by atoms with Gasteiger partial charge in [-0.2, -0.15) is 0 Å². The van der Waals surface area contributed by atoms with Crippen molar-refractivity contribution in [2.45, 2.75) is 20.8 Å². The summed E-state index contributed by atoms with van der Waals surface area (Å²) in [5.41, 5.74) is 4.12. The van der Waals surface area contributed by atoms with E-state index in [1.807, 2.05) is 43.5 Å². The Hall–Kier alpha value is -5.58. The fourth-order valence-corrected chi connectivity index (χ4v) is 4.40. The Morgan fingerprint density at radius 1 is 0.925 bits per heavy atom. The monoisotopic (exact) mass is 537 g/mol. The summed E-state index contributed by atoms with van der Waals surface area (Å²) < 4.78 is 7.64. The molecule has 1 saturated heterocycles. The lowest BCUT2D eigenvalue weighted by Gasteiger charge is -2.26. The second kappa shape index (κ2) is 10.3. The van der Waals surface area contributed by atoms with Crippen LogP contribution >= 0.6 is 0 Å². The van der Waals surface area contributed by atoms with Gasteiger partial charge in [-0.25, -0.2) is 14.7 Å². The molecule has 4 amide bonds. The van der Waals surface area contributed by atoms with Crippen molar-refractivity contribution < 1.29 is 24.0 Å². The van der Waals surface area contributed by atoms with Crippen molar-refractivity contribution in [2.75, 3.05) is 4.90 Å². The second-order valence-electron chi connectivity index (χ2n) is 9.16. The molecule has 2 aromatic heterocycles. The predicted molar refractivity (Wildman–Crippen MR) is 146 cm³/mol. The first-order valence-corrected chi connectivity index (χ1v) is 12.2. The molecule has 0 saturated carbocycles. The Labute approximate surface area is 228 Å². The molecule has 4 aromatic rings. The number of carbonyl (C=O) groups excluding carboxylic acids is 3. The highest BCUT2D eigenvalue weighted by Gasteiger charge is 2.37. The number of aryl methyl sites for hydroxylation is 2. The molecule has 1 N–H and O–H groups in total. The minimum Gasteiger partial charge on any atom is -0.439 e. The van der Waals surface area contributed by atoms with E-state index in [1.54, 1.807) is 36.4 Å². The Morgan fingerprint density at radius 2 is 1.60 bits per heavy atom. The number of carbonyl (C=O) groups is 3. The molecular weight excluding hydrogens is 514 g/mol. The molecule has 3 heterocycles. The third-order valence-corrected chi connectivity index (χ3v) is 6.41. The summed E-state index contributed by atoms with van der Waals surface area (Å²) >= 11 is 0. The van der Waals surface area contributed by atoms with Gasteiger partial charge in [0.2, 0.25) is 5.88 Å². The number of urea groups is 1. The summed E-state index contributed by atoms with van der Waals surface area (Å²) in [6.07, 6.45) is 2.61. The number of nitro groups is 1. The summed E-state index contributed by atoms with van der Waals surface area (Å²) in [7, 11) is 0. The minimum atomic E-state index is -0.798. The fourth-order valence-electron chi connectivity index (χ4n) is 4.40. The van der Waals surface area contributed by atoms with E-state index in [-0.39, 0.29) is 17.1 Å². The summed E-state index contributed by atoms with van der Waals surface area (Å²) in [6, 6.07) is 17.8. The topological polar surface area (TPSA) is 137 Å². The SMILES string of the molecule is Cc1ccc(N2C(=O)NC(=O)/C(=C\c3cc(C)n(-c4ccc(Oc5ccc([N+](=O)[O-])cn5)cc4)c3C)C2=O)cc1. The third kappa shape index (κ3) is 4.95. The second-order valence-corrected chi connectivity index (χ2v) is 9.16. The van der Waals surface area contributed by atoms with E-state index in [2.05, 4.69) is 10.3 Å². The van der Waals surface area contributed by atoms with E-state index in [0.717, 1.165) is 33.7 Å². The molecule has 0 atom stereocenters. The summed E-state index contributed by atoms with van der Waals surface area (Å²) in [6.45, 7) is 5.65. The van der Waals surface area contributed by atoms with Crippen LogP contribution in [0.4, 0.5) is 16.2 Å². The molecule has 0 aliphatic carbocycles. The summed E-state index contributed by atoms with van der Waals surface area (Å²) in [5, 5.41) is 13.1. The molecule has 2 aromatic carbocycles. The number of benzene rings is 2. The van der Waals surface area contributed by atoms with Crippen molar-refractivity contribution in [3.8, 4) is 17.3 Å². The zero-order valence-corrected chi connectivity index (χ0v) is 21.7. The van der Waals surface area contributed by atoms with E-state index in [0.29, 0.717) is 17.0 Å². The van der Waals surface area contributed by atoms with Crippen LogP contribution in [0.25, 0.3) is 11.8 Å². The minimum absolute atomic E-state index is 0.131. The quantitative estimate of drug-likeness (QED) is 0.155. The number of nitrogens with zero attached hydrogens (tertiary/aromatic N) is 4. The molecule has 40 heavy (non-hydrogen) atoms. The highest BCUT2D eigenvalue weighted by atomic mass is 16.6. The van der Waals surface area contributed by atoms with E-state index in [1.165, 1.54) is 18.2 Å². The number of imide groups is 2. The molecule has 11 heteroatoms. The van der Waals surface area contributed by atoms with Crippen LogP contribution in [-0.2, 0) is 9.59 Å². The zero-order valence-electron chi connectivity index (χ0n) is 21.7. The first kappa shape index (κ1) is 26.0. The Bertz CT molecular complexity index is 1690. The van der Waals surface area contributed by atoms with Crippen LogP contribution in [0.2, 0.25) is 0 Å². The standard InChI is InChI=1S/C29H23N5O6/c1-17-4-6-22(7-5-17)33-28(36)25(27(35)31-29(33)37)15-20-14-18(2)32(19(20)3)21-8-11-24(12-9-21)40-26-13-10-23(16-30-26)34(38)39/h4-16H,1-3H3,(H,31,35,37)/b25-15+. The van der Waals surface area contributed by atoms with Crippen LogP contribution in [-0.4, -0.2) is 32.3 Å². The van der Waals surface area contributed by atoms with Crippen molar-refractivity contribution in [2.24, 2.45) is 0 Å². The van der Waals surface area contributed by atoms with Gasteiger partial charge in [0, 0.05) is 29.2 Å². The highest BCUT2D eigenvalue weighted by molar-refractivity contribution is 6.39. The van der Waals surface area contributed by atoms with E-state index < -0.39 is 22.8 Å². The van der Waals surface area contributed by atoms with Gasteiger partial charge in [-0.05, 0) is 74.9 Å². The first-order chi connectivity index (χ1) is 19.1. The third-order valence-electron chi connectivity index (χ3n) is 6.41. The largest absolute Gasteiger partial charge is 0.439 e. The smallest absolute Gasteiger partial charge is 0.335 e. The van der Waals surface area contributed by atoms with Crippen molar-refractivity contribution in [3.63, 3.8) is 0 Å². The number of aromatic nitrogens is 2. The molecule has 5 rings (SSSR count). The van der Waals surface area contributed by atoms with E-state index >= 15 is 0 Å². The first-order valence-electron chi connectivity index (χ1n) is 12.2. The molecule has 0 radical (unpaired) electrons. The number of rotatable bonds is 6. The number of amides is 4. The number of ether oxygens (including phenoxy) is 1. The van der Waals surface area contributed by atoms with Crippen LogP contribution in [0, 0.1) is 30.9 Å². The van der Waals surface area contributed by atoms with Crippen molar-refractivity contribution in [3.05, 3.63) is 111 Å². The van der Waals surface area contributed by atoms with Gasteiger partial charge in [-0.3, -0.25) is 25.0 Å². The molecule has 200 valence electrons. The number of hydrogen-bond acceptors (Lipinski definition) is 7. The van der Waals surface area contributed by atoms with Crippen molar-refractivity contribution in [1.29, 1.82) is 0 Å². The molecule has 1 fully saturated rings. The molecular formula is C29H23N5O6. The Balaban J connectivity index is 1.41. The molecule has 0 bridgehead atoms. The lowest BCUT2D eigenvalue weighted by atomic mass is 10.1. The maximum Gasteiger partial charge on any atom is 0.335 e. The van der Waals surface area contributed by atoms with Crippen LogP contribution in [0.15, 0.2) is 78.5 Å². The normalized spacial score (nSPS) is 14.4. The molecule has 1 aliphatic heterocycles. The number of hydrogen-bond donors (Lipinski definition) is 1. The number of nitrogens with one attached hydrogen (secondary N) is 1. The highest BCUT2D eigenvalue weighted by Crippen LogP contribution is 2.28. The van der Waals surface area contributed by atoms with E-state index in [4.69, 9.17) is 4.74 Å². The maximum atomic E-state index is 13.3. The fraction of sp³-hybridized carbons (Fsp3) is 0.103. The summed E-state index contributed by atoms with van der Waals surface area (Å²) in [4.78, 5) is 53.6. The lowest BCUT2D eigenvalue weighted by molar-refractivity contribution is -0.385. The van der Waals surface area contributed by atoms with Crippen molar-refractivity contribution in [1.82, 2.24) is 14.9 Å². The summed E-state index contributed by atoms with van der Waals surface area (Å²) in [5.74, 6) is -0.761. The van der Waals surface area contributed by atoms with Gasteiger partial charge in [0.1, 0.15) is 17.5 Å². The Morgan fingerprint density at radius 3 is 2.23 bits per heavy atom. The van der Waals surface area contributed by atoms with Gasteiger partial charge in [0.15, 0.2) is 0 Å². The molecule has 1 aliphatic rings. The van der Waals surface area contributed by atoms with Crippen LogP contribution in [0.1, 0.15) is 22.5 Å². The molecule has 11 nitrogen and oxygen atoms in total. The lowest BCUT2D eigenvalue weighted by Crippen LogP contribution is -2.54. The maximum absolute atomic E-state index is 13.3. The van der Waals surface area contributed by atoms with Gasteiger partial charge in [0.25, 0.3) is 17.5 Å². The van der Waals surface area contributed by atoms with E-state index in [9.17, 15) is 24.5 Å². The average molecular weight is 538 g/mol. The number of barbiturate groups is 1. The van der Waals surface area contributed by atoms with Gasteiger partial charge >= 0.3 is 6.03 Å². The predicted octanol–water partition coefficient (Wildman–Crippen LogP) is 5.16. The van der Waals surface area contributed by atoms with Gasteiger partial charge in [-0.1, -0.05) is 17.7 Å². The molecule has 0 spiro atoms. The number of anilines is 1. The van der Waals surface area contributed by atoms with Gasteiger partial charge in [-0.15, -0.1) is 0 Å². The number of pyridine rings is 1. The molecule has 0 unspecified atom stereocenters. The van der Waals surface area contributed by atoms with Crippen molar-refractivity contribution >= 4 is 35.3 Å².